The van der Waals surface area contributed by atoms with Crippen LogP contribution in [0.4, 0.5) is 8.78 Å². The summed E-state index contributed by atoms with van der Waals surface area (Å²) in [5.41, 5.74) is 1.32. The largest absolute Gasteiger partial charge is 0.491 e. The molecule has 3 nitrogen and oxygen atoms in total. The molecule has 0 aliphatic rings. The zero-order valence-corrected chi connectivity index (χ0v) is 12.4. The molecule has 0 amide bonds. The van der Waals surface area contributed by atoms with Crippen molar-refractivity contribution in [1.29, 1.82) is 0 Å². The third-order valence-electron chi connectivity index (χ3n) is 3.35. The molecule has 1 unspecified atom stereocenters. The van der Waals surface area contributed by atoms with Gasteiger partial charge in [-0.3, -0.25) is 0 Å². The molecule has 0 spiro atoms. The maximum Gasteiger partial charge on any atom is 0.130 e. The fourth-order valence-corrected chi connectivity index (χ4v) is 2.17. The highest BCUT2D eigenvalue weighted by Crippen LogP contribution is 2.21. The molecule has 0 aromatic heterocycles. The van der Waals surface area contributed by atoms with E-state index in [2.05, 4.69) is 5.32 Å². The molecule has 0 bridgehead atoms. The number of hydrogen-bond donors (Lipinski definition) is 2. The first kappa shape index (κ1) is 16.4. The molecule has 0 saturated heterocycles. The summed E-state index contributed by atoms with van der Waals surface area (Å²) in [6, 6.07) is 10.7. The van der Waals surface area contributed by atoms with Crippen LogP contribution in [0.5, 0.6) is 5.75 Å². The minimum Gasteiger partial charge on any atom is -0.491 e. The lowest BCUT2D eigenvalue weighted by Crippen LogP contribution is -2.20. The Morgan fingerprint density at radius 3 is 2.68 bits per heavy atom. The number of aliphatic hydroxyl groups is 1. The fraction of sp³-hybridized carbons (Fsp3) is 0.294. The first-order chi connectivity index (χ1) is 10.6. The van der Waals surface area contributed by atoms with Crippen molar-refractivity contribution >= 4 is 0 Å². The quantitative estimate of drug-likeness (QED) is 0.825. The van der Waals surface area contributed by atoms with Crippen LogP contribution in [0, 0.1) is 11.6 Å². The number of ether oxygens (including phenoxy) is 1. The van der Waals surface area contributed by atoms with E-state index in [-0.39, 0.29) is 19.3 Å². The van der Waals surface area contributed by atoms with Crippen LogP contribution in [0.1, 0.15) is 24.1 Å². The monoisotopic (exact) mass is 307 g/mol. The van der Waals surface area contributed by atoms with Crippen molar-refractivity contribution in [2.75, 3.05) is 13.2 Å². The van der Waals surface area contributed by atoms with Gasteiger partial charge in [-0.15, -0.1) is 0 Å². The molecule has 5 heteroatoms. The second kappa shape index (κ2) is 7.87. The van der Waals surface area contributed by atoms with E-state index in [4.69, 9.17) is 9.84 Å². The predicted molar refractivity (Wildman–Crippen MR) is 80.6 cm³/mol. The molecule has 2 rings (SSSR count). The van der Waals surface area contributed by atoms with Gasteiger partial charge in [0.25, 0.3) is 0 Å². The average molecular weight is 307 g/mol. The Balaban J connectivity index is 2.03. The molecule has 2 N–H and O–H groups in total. The second-order valence-corrected chi connectivity index (χ2v) is 4.95. The minimum absolute atomic E-state index is 0.0566. The number of aliphatic hydroxyl groups excluding tert-OH is 1. The second-order valence-electron chi connectivity index (χ2n) is 4.95. The van der Waals surface area contributed by atoms with E-state index in [1.165, 1.54) is 12.1 Å². The van der Waals surface area contributed by atoms with Gasteiger partial charge in [0, 0.05) is 29.8 Å². The highest BCUT2D eigenvalue weighted by molar-refractivity contribution is 5.33. The molecule has 0 aliphatic heterocycles. The van der Waals surface area contributed by atoms with Crippen molar-refractivity contribution < 1.29 is 18.6 Å². The normalized spacial score (nSPS) is 12.2. The molecule has 2 aromatic rings. The van der Waals surface area contributed by atoms with Gasteiger partial charge < -0.3 is 15.2 Å². The van der Waals surface area contributed by atoms with Gasteiger partial charge in [-0.1, -0.05) is 24.3 Å². The Hall–Kier alpha value is -1.98. The molecule has 118 valence electrons. The Morgan fingerprint density at radius 2 is 1.95 bits per heavy atom. The Kier molecular flexibility index (Phi) is 5.86. The van der Waals surface area contributed by atoms with E-state index in [0.29, 0.717) is 17.9 Å². The Morgan fingerprint density at radius 1 is 1.18 bits per heavy atom. The van der Waals surface area contributed by atoms with Crippen molar-refractivity contribution in [2.45, 2.75) is 19.5 Å². The number of halogens is 2. The number of para-hydroxylation sites is 1. The van der Waals surface area contributed by atoms with Crippen LogP contribution in [-0.2, 0) is 6.54 Å². The van der Waals surface area contributed by atoms with Crippen molar-refractivity contribution in [1.82, 2.24) is 5.32 Å². The van der Waals surface area contributed by atoms with Crippen LogP contribution in [0.25, 0.3) is 0 Å². The number of hydrogen-bond acceptors (Lipinski definition) is 3. The maximum atomic E-state index is 13.7. The summed E-state index contributed by atoms with van der Waals surface area (Å²) in [5.74, 6) is -0.475. The third-order valence-corrected chi connectivity index (χ3v) is 3.35. The van der Waals surface area contributed by atoms with Gasteiger partial charge in [0.15, 0.2) is 0 Å². The van der Waals surface area contributed by atoms with Gasteiger partial charge in [0.1, 0.15) is 24.0 Å². The zero-order valence-electron chi connectivity index (χ0n) is 12.4. The lowest BCUT2D eigenvalue weighted by molar-refractivity contribution is 0.200. The van der Waals surface area contributed by atoms with Crippen molar-refractivity contribution in [3.63, 3.8) is 0 Å². The van der Waals surface area contributed by atoms with Gasteiger partial charge in [0.05, 0.1) is 6.61 Å². The molecule has 1 atom stereocenters. The molecule has 0 heterocycles. The van der Waals surface area contributed by atoms with E-state index in [9.17, 15) is 8.78 Å². The topological polar surface area (TPSA) is 41.5 Å². The first-order valence-electron chi connectivity index (χ1n) is 7.11. The van der Waals surface area contributed by atoms with E-state index < -0.39 is 11.6 Å². The molecule has 0 radical (unpaired) electrons. The van der Waals surface area contributed by atoms with Gasteiger partial charge >= 0.3 is 0 Å². The summed E-state index contributed by atoms with van der Waals surface area (Å²) in [4.78, 5) is 0. The van der Waals surface area contributed by atoms with Crippen molar-refractivity contribution in [3.8, 4) is 5.75 Å². The van der Waals surface area contributed by atoms with Crippen LogP contribution in [0.2, 0.25) is 0 Å². The number of rotatable bonds is 7. The van der Waals surface area contributed by atoms with Gasteiger partial charge in [-0.2, -0.15) is 0 Å². The van der Waals surface area contributed by atoms with E-state index in [0.717, 1.165) is 11.6 Å². The van der Waals surface area contributed by atoms with Crippen molar-refractivity contribution in [3.05, 3.63) is 65.2 Å². The molecule has 0 saturated carbocycles. The summed E-state index contributed by atoms with van der Waals surface area (Å²) in [7, 11) is 0. The van der Waals surface area contributed by atoms with Crippen LogP contribution < -0.4 is 10.1 Å². The minimum atomic E-state index is -0.587. The van der Waals surface area contributed by atoms with E-state index >= 15 is 0 Å². The fourth-order valence-electron chi connectivity index (χ4n) is 2.17. The third kappa shape index (κ3) is 4.26. The average Bonchev–Trinajstić information content (AvgIpc) is 2.51. The summed E-state index contributed by atoms with van der Waals surface area (Å²) in [6.45, 7) is 2.45. The van der Waals surface area contributed by atoms with Crippen molar-refractivity contribution in [2.24, 2.45) is 0 Å². The molecular formula is C17H19F2NO2. The summed E-state index contributed by atoms with van der Waals surface area (Å²) in [5, 5.41) is 12.0. The standard InChI is InChI=1S/C17H19F2NO2/c1-12(15-7-6-14(18)10-16(15)19)20-11-13-4-2-3-5-17(13)22-9-8-21/h2-7,10,12,20-21H,8-9,11H2,1H3. The smallest absolute Gasteiger partial charge is 0.130 e. The lowest BCUT2D eigenvalue weighted by Gasteiger charge is -2.17. The highest BCUT2D eigenvalue weighted by atomic mass is 19.1. The van der Waals surface area contributed by atoms with Crippen LogP contribution >= 0.6 is 0 Å². The molecule has 0 fully saturated rings. The van der Waals surface area contributed by atoms with Crippen LogP contribution in [0.15, 0.2) is 42.5 Å². The summed E-state index contributed by atoms with van der Waals surface area (Å²) < 4.78 is 32.1. The molecular weight excluding hydrogens is 288 g/mol. The highest BCUT2D eigenvalue weighted by Gasteiger charge is 2.12. The summed E-state index contributed by atoms with van der Waals surface area (Å²) in [6.07, 6.45) is 0. The van der Waals surface area contributed by atoms with Gasteiger partial charge in [0.2, 0.25) is 0 Å². The van der Waals surface area contributed by atoms with E-state index in [1.54, 1.807) is 0 Å². The summed E-state index contributed by atoms with van der Waals surface area (Å²) >= 11 is 0. The van der Waals surface area contributed by atoms with Gasteiger partial charge in [-0.05, 0) is 19.1 Å². The molecule has 2 aromatic carbocycles. The predicted octanol–water partition coefficient (Wildman–Crippen LogP) is 3.19. The number of nitrogens with one attached hydrogen (secondary N) is 1. The molecule has 22 heavy (non-hydrogen) atoms. The van der Waals surface area contributed by atoms with Crippen LogP contribution in [-0.4, -0.2) is 18.3 Å². The maximum absolute atomic E-state index is 13.7. The van der Waals surface area contributed by atoms with E-state index in [1.807, 2.05) is 31.2 Å². The lowest BCUT2D eigenvalue weighted by atomic mass is 10.1. The molecule has 0 aliphatic carbocycles. The Labute approximate surface area is 128 Å². The van der Waals surface area contributed by atoms with Gasteiger partial charge in [-0.25, -0.2) is 8.78 Å². The number of benzene rings is 2. The zero-order chi connectivity index (χ0) is 15.9. The first-order valence-corrected chi connectivity index (χ1v) is 7.11. The SMILES string of the molecule is CC(NCc1ccccc1OCCO)c1ccc(F)cc1F. The van der Waals surface area contributed by atoms with Crippen LogP contribution in [0.3, 0.4) is 0 Å². The Bertz CT molecular complexity index is 619.